The van der Waals surface area contributed by atoms with E-state index in [1.807, 2.05) is 19.1 Å². The number of thiazole rings is 1. The van der Waals surface area contributed by atoms with E-state index >= 15 is 0 Å². The molecule has 1 unspecified atom stereocenters. The zero-order valence-corrected chi connectivity index (χ0v) is 19.8. The minimum atomic E-state index is -3.79. The van der Waals surface area contributed by atoms with E-state index in [-0.39, 0.29) is 17.3 Å². The highest BCUT2D eigenvalue weighted by atomic mass is 32.2. The molecule has 1 aromatic heterocycles. The average molecular weight is 476 g/mol. The summed E-state index contributed by atoms with van der Waals surface area (Å²) in [6, 6.07) is 10.9. The zero-order chi connectivity index (χ0) is 22.9. The molecule has 9 heteroatoms. The molecule has 1 amide bonds. The van der Waals surface area contributed by atoms with Gasteiger partial charge in [0.15, 0.2) is 4.80 Å². The van der Waals surface area contributed by atoms with Crippen LogP contribution in [0.4, 0.5) is 4.39 Å². The van der Waals surface area contributed by atoms with E-state index in [0.29, 0.717) is 30.7 Å². The van der Waals surface area contributed by atoms with E-state index in [0.717, 1.165) is 28.8 Å². The lowest BCUT2D eigenvalue weighted by Gasteiger charge is -2.30. The molecule has 1 atom stereocenters. The first kappa shape index (κ1) is 22.8. The molecule has 0 saturated carbocycles. The fraction of sp³-hybridized carbons (Fsp3) is 0.391. The molecule has 0 bridgehead atoms. The number of sulfonamides is 1. The summed E-state index contributed by atoms with van der Waals surface area (Å²) in [5.74, 6) is -1.29. The second-order valence-electron chi connectivity index (χ2n) is 7.85. The number of carbonyl (C=O) groups is 1. The fourth-order valence-electron chi connectivity index (χ4n) is 4.17. The topological polar surface area (TPSA) is 71.7 Å². The normalized spacial score (nSPS) is 18.3. The van der Waals surface area contributed by atoms with Crippen LogP contribution in [0.3, 0.4) is 0 Å². The lowest BCUT2D eigenvalue weighted by molar-refractivity contribution is -0.122. The Balaban J connectivity index is 1.63. The number of hydrogen-bond acceptors (Lipinski definition) is 4. The van der Waals surface area contributed by atoms with Crippen LogP contribution < -0.4 is 4.80 Å². The Morgan fingerprint density at radius 3 is 2.62 bits per heavy atom. The summed E-state index contributed by atoms with van der Waals surface area (Å²) in [5, 5.41) is 0. The third-order valence-electron chi connectivity index (χ3n) is 5.87. The number of nitrogens with zero attached hydrogens (tertiary/aromatic N) is 3. The molecule has 4 rings (SSSR count). The van der Waals surface area contributed by atoms with E-state index in [1.165, 1.54) is 33.3 Å². The van der Waals surface area contributed by atoms with Crippen LogP contribution in [-0.2, 0) is 27.8 Å². The largest absolute Gasteiger partial charge is 0.316 e. The Bertz CT molecular complexity index is 1310. The number of benzene rings is 2. The number of aryl methyl sites for hydroxylation is 2. The first-order chi connectivity index (χ1) is 15.3. The van der Waals surface area contributed by atoms with Crippen LogP contribution in [0.5, 0.6) is 0 Å². The van der Waals surface area contributed by atoms with Crippen molar-refractivity contribution in [2.45, 2.75) is 44.6 Å². The zero-order valence-electron chi connectivity index (χ0n) is 18.1. The monoisotopic (exact) mass is 475 g/mol. The maximum atomic E-state index is 13.2. The molecule has 1 aliphatic heterocycles. The first-order valence-corrected chi connectivity index (χ1v) is 13.1. The quantitative estimate of drug-likeness (QED) is 0.561. The van der Waals surface area contributed by atoms with Gasteiger partial charge in [-0.2, -0.15) is 9.30 Å². The fourth-order valence-corrected chi connectivity index (χ4v) is 6.84. The SMILES string of the molecule is CCc1cccc2sc(=NC(=O)C3CCCN(S(=O)(=O)c4ccc(F)cc4)C3)n(CC)c12. The summed E-state index contributed by atoms with van der Waals surface area (Å²) in [6.45, 7) is 5.24. The van der Waals surface area contributed by atoms with E-state index in [2.05, 4.69) is 22.5 Å². The smallest absolute Gasteiger partial charge is 0.252 e. The summed E-state index contributed by atoms with van der Waals surface area (Å²) < 4.78 is 43.6. The lowest BCUT2D eigenvalue weighted by Crippen LogP contribution is -2.42. The summed E-state index contributed by atoms with van der Waals surface area (Å²) in [6.07, 6.45) is 2.06. The van der Waals surface area contributed by atoms with Crippen molar-refractivity contribution >= 4 is 37.5 Å². The van der Waals surface area contributed by atoms with Gasteiger partial charge in [0.25, 0.3) is 5.91 Å². The van der Waals surface area contributed by atoms with Crippen molar-refractivity contribution in [1.29, 1.82) is 0 Å². The van der Waals surface area contributed by atoms with Gasteiger partial charge in [-0.15, -0.1) is 0 Å². The summed E-state index contributed by atoms with van der Waals surface area (Å²) in [7, 11) is -3.79. The number of amides is 1. The van der Waals surface area contributed by atoms with Gasteiger partial charge >= 0.3 is 0 Å². The molecule has 6 nitrogen and oxygen atoms in total. The van der Waals surface area contributed by atoms with Crippen molar-refractivity contribution in [2.75, 3.05) is 13.1 Å². The van der Waals surface area contributed by atoms with Crippen molar-refractivity contribution in [3.63, 3.8) is 0 Å². The number of piperidine rings is 1. The highest BCUT2D eigenvalue weighted by Crippen LogP contribution is 2.26. The average Bonchev–Trinajstić information content (AvgIpc) is 3.16. The van der Waals surface area contributed by atoms with Crippen LogP contribution in [0.2, 0.25) is 0 Å². The molecule has 3 aromatic rings. The highest BCUT2D eigenvalue weighted by molar-refractivity contribution is 7.89. The van der Waals surface area contributed by atoms with Gasteiger partial charge in [-0.1, -0.05) is 30.4 Å². The minimum absolute atomic E-state index is 0.0318. The number of carbonyl (C=O) groups excluding carboxylic acids is 1. The van der Waals surface area contributed by atoms with Crippen LogP contribution in [0.1, 0.15) is 32.3 Å². The summed E-state index contributed by atoms with van der Waals surface area (Å²) in [5.41, 5.74) is 2.32. The van der Waals surface area contributed by atoms with Crippen molar-refractivity contribution in [1.82, 2.24) is 8.87 Å². The van der Waals surface area contributed by atoms with Crippen molar-refractivity contribution in [3.8, 4) is 0 Å². The molecule has 1 saturated heterocycles. The number of rotatable bonds is 5. The maximum Gasteiger partial charge on any atom is 0.252 e. The van der Waals surface area contributed by atoms with Crippen LogP contribution in [-0.4, -0.2) is 36.3 Å². The second-order valence-corrected chi connectivity index (χ2v) is 10.8. The third-order valence-corrected chi connectivity index (χ3v) is 8.80. The molecule has 0 spiro atoms. The number of fused-ring (bicyclic) bond motifs is 1. The van der Waals surface area contributed by atoms with E-state index < -0.39 is 21.8 Å². The molecular weight excluding hydrogens is 449 g/mol. The molecule has 1 fully saturated rings. The van der Waals surface area contributed by atoms with Gasteiger partial charge in [0, 0.05) is 19.6 Å². The highest BCUT2D eigenvalue weighted by Gasteiger charge is 2.33. The number of halogens is 1. The van der Waals surface area contributed by atoms with Gasteiger partial charge in [0.2, 0.25) is 10.0 Å². The molecule has 2 aromatic carbocycles. The van der Waals surface area contributed by atoms with Crippen LogP contribution in [0.15, 0.2) is 52.4 Å². The number of aromatic nitrogens is 1. The molecule has 0 radical (unpaired) electrons. The molecule has 170 valence electrons. The van der Waals surface area contributed by atoms with Gasteiger partial charge in [-0.3, -0.25) is 4.79 Å². The number of hydrogen-bond donors (Lipinski definition) is 0. The maximum absolute atomic E-state index is 13.2. The van der Waals surface area contributed by atoms with Gasteiger partial charge < -0.3 is 4.57 Å². The standard InChI is InChI=1S/C23H26FN3O3S2/c1-3-16-7-5-9-20-21(16)27(4-2)23(31-20)25-22(28)17-8-6-14-26(15-17)32(29,30)19-12-10-18(24)11-13-19/h5,7,9-13,17H,3-4,6,8,14-15H2,1-2H3. The lowest BCUT2D eigenvalue weighted by atomic mass is 9.99. The minimum Gasteiger partial charge on any atom is -0.316 e. The summed E-state index contributed by atoms with van der Waals surface area (Å²) >= 11 is 1.48. The van der Waals surface area contributed by atoms with E-state index in [1.54, 1.807) is 0 Å². The third kappa shape index (κ3) is 4.29. The van der Waals surface area contributed by atoms with Crippen LogP contribution >= 0.6 is 11.3 Å². The Hall–Kier alpha value is -2.36. The van der Waals surface area contributed by atoms with Crippen molar-refractivity contribution in [3.05, 3.63) is 58.6 Å². The Kier molecular flexibility index (Phi) is 6.60. The van der Waals surface area contributed by atoms with Gasteiger partial charge in [0.05, 0.1) is 21.0 Å². The van der Waals surface area contributed by atoms with Gasteiger partial charge in [0.1, 0.15) is 5.82 Å². The van der Waals surface area contributed by atoms with Crippen LogP contribution in [0.25, 0.3) is 10.2 Å². The molecule has 1 aliphatic rings. The molecule has 32 heavy (non-hydrogen) atoms. The Morgan fingerprint density at radius 1 is 1.19 bits per heavy atom. The van der Waals surface area contributed by atoms with Gasteiger partial charge in [-0.05, 0) is 62.1 Å². The predicted octanol–water partition coefficient (Wildman–Crippen LogP) is 3.95. The van der Waals surface area contributed by atoms with Crippen LogP contribution in [0, 0.1) is 11.7 Å². The molecule has 0 aliphatic carbocycles. The van der Waals surface area contributed by atoms with Gasteiger partial charge in [-0.25, -0.2) is 12.8 Å². The second kappa shape index (κ2) is 9.25. The molecular formula is C23H26FN3O3S2. The van der Waals surface area contributed by atoms with Crippen molar-refractivity contribution in [2.24, 2.45) is 10.9 Å². The van der Waals surface area contributed by atoms with E-state index in [9.17, 15) is 17.6 Å². The first-order valence-electron chi connectivity index (χ1n) is 10.8. The summed E-state index contributed by atoms with van der Waals surface area (Å²) in [4.78, 5) is 18.2. The molecule has 2 heterocycles. The Labute approximate surface area is 191 Å². The van der Waals surface area contributed by atoms with E-state index in [4.69, 9.17) is 0 Å². The predicted molar refractivity (Wildman–Crippen MR) is 123 cm³/mol. The molecule has 0 N–H and O–H groups in total. The number of para-hydroxylation sites is 1. The van der Waals surface area contributed by atoms with Crippen molar-refractivity contribution < 1.29 is 17.6 Å². The Morgan fingerprint density at radius 2 is 1.94 bits per heavy atom.